The zero-order chi connectivity index (χ0) is 12.8. The van der Waals surface area contributed by atoms with Crippen LogP contribution in [0.25, 0.3) is 0 Å². The van der Waals surface area contributed by atoms with Gasteiger partial charge < -0.3 is 4.79 Å². The van der Waals surface area contributed by atoms with Gasteiger partial charge in [-0.15, -0.1) is 0 Å². The molecule has 2 heteroatoms. The van der Waals surface area contributed by atoms with Gasteiger partial charge in [-0.25, -0.2) is 0 Å². The van der Waals surface area contributed by atoms with Gasteiger partial charge in [0.05, 0.1) is 0 Å². The number of aldehydes is 1. The molecule has 3 atom stereocenters. The minimum atomic E-state index is 0.159. The first-order chi connectivity index (χ1) is 8.04. The number of carbonyl (C=O) groups is 2. The van der Waals surface area contributed by atoms with Gasteiger partial charge in [0.2, 0.25) is 0 Å². The summed E-state index contributed by atoms with van der Waals surface area (Å²) in [6.07, 6.45) is 7.96. The Morgan fingerprint density at radius 1 is 1.41 bits per heavy atom. The topological polar surface area (TPSA) is 34.1 Å². The summed E-state index contributed by atoms with van der Waals surface area (Å²) in [5.74, 6) is 1.13. The SMILES string of the molecule is CC1=CC(=O)[C@@H]([C@@H](C)CCC[C@H](C)C=O)CC1. The predicted octanol–water partition coefficient (Wildman–Crippen LogP) is 3.55. The molecule has 0 fully saturated rings. The van der Waals surface area contributed by atoms with E-state index in [0.717, 1.165) is 38.4 Å². The Balaban J connectivity index is 2.35. The molecule has 96 valence electrons. The maximum atomic E-state index is 11.9. The van der Waals surface area contributed by atoms with Gasteiger partial charge >= 0.3 is 0 Å². The highest BCUT2D eigenvalue weighted by molar-refractivity contribution is 5.93. The summed E-state index contributed by atoms with van der Waals surface area (Å²) in [6, 6.07) is 0. The van der Waals surface area contributed by atoms with E-state index in [2.05, 4.69) is 6.92 Å². The number of hydrogen-bond donors (Lipinski definition) is 0. The van der Waals surface area contributed by atoms with Gasteiger partial charge in [0, 0.05) is 11.8 Å². The second kappa shape index (κ2) is 6.73. The largest absolute Gasteiger partial charge is 0.303 e. The first-order valence-electron chi connectivity index (χ1n) is 6.71. The van der Waals surface area contributed by atoms with Crippen LogP contribution >= 0.6 is 0 Å². The zero-order valence-electron chi connectivity index (χ0n) is 11.2. The molecule has 0 saturated heterocycles. The van der Waals surface area contributed by atoms with Gasteiger partial charge in [0.15, 0.2) is 5.78 Å². The van der Waals surface area contributed by atoms with Crippen molar-refractivity contribution in [1.82, 2.24) is 0 Å². The van der Waals surface area contributed by atoms with Crippen molar-refractivity contribution in [1.29, 1.82) is 0 Å². The van der Waals surface area contributed by atoms with Crippen LogP contribution in [0.15, 0.2) is 11.6 Å². The standard InChI is InChI=1S/C15H24O2/c1-11-7-8-14(15(17)9-11)13(3)6-4-5-12(2)10-16/h9-10,12-14H,4-8H2,1-3H3/t12-,13-,14+/m0/s1. The third-order valence-corrected chi connectivity index (χ3v) is 3.84. The van der Waals surface area contributed by atoms with Crippen LogP contribution in [-0.4, -0.2) is 12.1 Å². The van der Waals surface area contributed by atoms with Crippen LogP contribution in [0.3, 0.4) is 0 Å². The lowest BCUT2D eigenvalue weighted by Gasteiger charge is -2.25. The minimum Gasteiger partial charge on any atom is -0.303 e. The first kappa shape index (κ1) is 14.1. The fourth-order valence-electron chi connectivity index (χ4n) is 2.54. The van der Waals surface area contributed by atoms with Crippen molar-refractivity contribution in [3.63, 3.8) is 0 Å². The van der Waals surface area contributed by atoms with Crippen molar-refractivity contribution in [2.45, 2.75) is 52.9 Å². The monoisotopic (exact) mass is 236 g/mol. The number of carbonyl (C=O) groups excluding carboxylic acids is 2. The number of ketones is 1. The van der Waals surface area contributed by atoms with Crippen LogP contribution in [0.5, 0.6) is 0 Å². The van der Waals surface area contributed by atoms with E-state index in [4.69, 9.17) is 0 Å². The Hall–Kier alpha value is -0.920. The minimum absolute atomic E-state index is 0.159. The maximum Gasteiger partial charge on any atom is 0.158 e. The molecule has 1 rings (SSSR count). The van der Waals surface area contributed by atoms with E-state index in [1.807, 2.05) is 19.9 Å². The van der Waals surface area contributed by atoms with Gasteiger partial charge in [0.25, 0.3) is 0 Å². The Morgan fingerprint density at radius 2 is 2.12 bits per heavy atom. The Kier molecular flexibility index (Phi) is 5.60. The zero-order valence-corrected chi connectivity index (χ0v) is 11.2. The van der Waals surface area contributed by atoms with E-state index in [1.165, 1.54) is 5.57 Å². The Labute approximate surface area is 104 Å². The molecule has 17 heavy (non-hydrogen) atoms. The molecule has 0 aromatic heterocycles. The summed E-state index contributed by atoms with van der Waals surface area (Å²) >= 11 is 0. The Bertz CT molecular complexity index is 304. The summed E-state index contributed by atoms with van der Waals surface area (Å²) in [6.45, 7) is 6.16. The third-order valence-electron chi connectivity index (χ3n) is 3.84. The van der Waals surface area contributed by atoms with Crippen LogP contribution in [0.4, 0.5) is 0 Å². The molecule has 2 nitrogen and oxygen atoms in total. The summed E-state index contributed by atoms with van der Waals surface area (Å²) in [7, 11) is 0. The normalized spacial score (nSPS) is 24.1. The highest BCUT2D eigenvalue weighted by Gasteiger charge is 2.26. The number of allylic oxidation sites excluding steroid dienone is 2. The van der Waals surface area contributed by atoms with E-state index in [-0.39, 0.29) is 11.8 Å². The fourth-order valence-corrected chi connectivity index (χ4v) is 2.54. The molecule has 0 spiro atoms. The molecule has 0 saturated carbocycles. The van der Waals surface area contributed by atoms with Crippen LogP contribution in [0.2, 0.25) is 0 Å². The molecule has 0 heterocycles. The lowest BCUT2D eigenvalue weighted by atomic mass is 9.78. The van der Waals surface area contributed by atoms with Crippen molar-refractivity contribution < 1.29 is 9.59 Å². The van der Waals surface area contributed by atoms with Crippen molar-refractivity contribution in [2.24, 2.45) is 17.8 Å². The molecule has 1 aliphatic carbocycles. The molecular weight excluding hydrogens is 212 g/mol. The van der Waals surface area contributed by atoms with Crippen LogP contribution in [0.1, 0.15) is 52.9 Å². The van der Waals surface area contributed by atoms with Crippen LogP contribution < -0.4 is 0 Å². The van der Waals surface area contributed by atoms with Crippen LogP contribution in [0, 0.1) is 17.8 Å². The number of rotatable bonds is 6. The average molecular weight is 236 g/mol. The van der Waals surface area contributed by atoms with Crippen molar-refractivity contribution >= 4 is 12.1 Å². The second-order valence-electron chi connectivity index (χ2n) is 5.56. The van der Waals surface area contributed by atoms with E-state index in [0.29, 0.717) is 11.7 Å². The van der Waals surface area contributed by atoms with E-state index < -0.39 is 0 Å². The molecule has 0 aromatic rings. The molecule has 0 unspecified atom stereocenters. The molecule has 0 N–H and O–H groups in total. The Morgan fingerprint density at radius 3 is 2.71 bits per heavy atom. The highest BCUT2D eigenvalue weighted by atomic mass is 16.1. The van der Waals surface area contributed by atoms with Gasteiger partial charge in [-0.05, 0) is 44.6 Å². The van der Waals surface area contributed by atoms with Crippen molar-refractivity contribution in [2.75, 3.05) is 0 Å². The fraction of sp³-hybridized carbons (Fsp3) is 0.733. The maximum absolute atomic E-state index is 11.9. The molecule has 0 bridgehead atoms. The van der Waals surface area contributed by atoms with Crippen LogP contribution in [-0.2, 0) is 9.59 Å². The quantitative estimate of drug-likeness (QED) is 0.661. The summed E-state index contributed by atoms with van der Waals surface area (Å²) < 4.78 is 0. The average Bonchev–Trinajstić information content (AvgIpc) is 2.28. The smallest absolute Gasteiger partial charge is 0.158 e. The summed E-state index contributed by atoms with van der Waals surface area (Å²) in [5.41, 5.74) is 1.22. The van der Waals surface area contributed by atoms with E-state index in [9.17, 15) is 9.59 Å². The van der Waals surface area contributed by atoms with Gasteiger partial charge in [-0.1, -0.05) is 25.8 Å². The van der Waals surface area contributed by atoms with Crippen molar-refractivity contribution in [3.05, 3.63) is 11.6 Å². The third kappa shape index (κ3) is 4.45. The molecular formula is C15H24O2. The van der Waals surface area contributed by atoms with E-state index in [1.54, 1.807) is 0 Å². The van der Waals surface area contributed by atoms with Gasteiger partial charge in [-0.2, -0.15) is 0 Å². The van der Waals surface area contributed by atoms with Gasteiger partial charge in [-0.3, -0.25) is 4.79 Å². The molecule has 0 radical (unpaired) electrons. The predicted molar refractivity (Wildman–Crippen MR) is 69.7 cm³/mol. The molecule has 0 amide bonds. The lowest BCUT2D eigenvalue weighted by molar-refractivity contribution is -0.120. The molecule has 0 aliphatic heterocycles. The van der Waals surface area contributed by atoms with Crippen molar-refractivity contribution in [3.8, 4) is 0 Å². The highest BCUT2D eigenvalue weighted by Crippen LogP contribution is 2.29. The van der Waals surface area contributed by atoms with E-state index >= 15 is 0 Å². The summed E-state index contributed by atoms with van der Waals surface area (Å²) in [4.78, 5) is 22.4. The molecule has 1 aliphatic rings. The second-order valence-corrected chi connectivity index (χ2v) is 5.56. The lowest BCUT2D eigenvalue weighted by Crippen LogP contribution is -2.23. The molecule has 0 aromatic carbocycles. The summed E-state index contributed by atoms with van der Waals surface area (Å²) in [5, 5.41) is 0. The number of hydrogen-bond acceptors (Lipinski definition) is 2. The first-order valence-corrected chi connectivity index (χ1v) is 6.71. The van der Waals surface area contributed by atoms with Gasteiger partial charge in [0.1, 0.15) is 6.29 Å².